The van der Waals surface area contributed by atoms with E-state index in [1.165, 1.54) is 23.4 Å². The standard InChI is InChI=1S/C30H30BrF4N3O5/c1-29(2,3)43-28(40)38(11-12-39)18-21-15-23(41-13-5-4-6-22-16-37-27(31)17-36-22)8-10-26(21)42-19-20-7-9-25(32)24(14-20)30(33,34)35/h7-10,14-17,39H,5,11-13,18-19H2,1-3H3. The van der Waals surface area contributed by atoms with Crippen molar-refractivity contribution in [2.75, 3.05) is 19.8 Å². The van der Waals surface area contributed by atoms with Crippen LogP contribution in [0.3, 0.4) is 0 Å². The van der Waals surface area contributed by atoms with Crippen LogP contribution in [0.15, 0.2) is 53.4 Å². The molecule has 0 saturated heterocycles. The fraction of sp³-hybridized carbons (Fsp3) is 0.367. The minimum Gasteiger partial charge on any atom is -0.493 e. The highest BCUT2D eigenvalue weighted by atomic mass is 79.9. The molecule has 0 aliphatic heterocycles. The molecule has 0 unspecified atom stereocenters. The van der Waals surface area contributed by atoms with Gasteiger partial charge in [-0.3, -0.25) is 0 Å². The highest BCUT2D eigenvalue weighted by molar-refractivity contribution is 9.10. The Morgan fingerprint density at radius 1 is 1.07 bits per heavy atom. The monoisotopic (exact) mass is 667 g/mol. The van der Waals surface area contributed by atoms with E-state index in [1.807, 2.05) is 0 Å². The summed E-state index contributed by atoms with van der Waals surface area (Å²) in [6.45, 7) is 4.56. The van der Waals surface area contributed by atoms with Gasteiger partial charge in [-0.2, -0.15) is 13.2 Å². The number of benzene rings is 2. The molecule has 8 nitrogen and oxygen atoms in total. The van der Waals surface area contributed by atoms with Crippen LogP contribution in [0.2, 0.25) is 0 Å². The summed E-state index contributed by atoms with van der Waals surface area (Å²) >= 11 is 3.21. The molecule has 1 heterocycles. The molecule has 0 saturated carbocycles. The predicted octanol–water partition coefficient (Wildman–Crippen LogP) is 6.53. The average molecular weight is 668 g/mol. The Bertz CT molecular complexity index is 1450. The van der Waals surface area contributed by atoms with Gasteiger partial charge in [0.2, 0.25) is 0 Å². The van der Waals surface area contributed by atoms with Crippen molar-refractivity contribution in [2.45, 2.75) is 52.1 Å². The van der Waals surface area contributed by atoms with E-state index in [-0.39, 0.29) is 44.2 Å². The van der Waals surface area contributed by atoms with Gasteiger partial charge >= 0.3 is 12.3 Å². The Labute approximate surface area is 255 Å². The molecular formula is C30H30BrF4N3O5. The number of ether oxygens (including phenoxy) is 3. The summed E-state index contributed by atoms with van der Waals surface area (Å²) in [4.78, 5) is 22.3. The molecule has 0 aliphatic rings. The normalized spacial score (nSPS) is 11.4. The maximum Gasteiger partial charge on any atom is 0.419 e. The Balaban J connectivity index is 1.80. The molecule has 1 N–H and O–H groups in total. The van der Waals surface area contributed by atoms with Gasteiger partial charge < -0.3 is 24.2 Å². The maximum absolute atomic E-state index is 13.7. The van der Waals surface area contributed by atoms with Crippen LogP contribution in [0.4, 0.5) is 22.4 Å². The molecule has 3 aromatic rings. The van der Waals surface area contributed by atoms with Crippen molar-refractivity contribution in [1.29, 1.82) is 0 Å². The first-order valence-electron chi connectivity index (χ1n) is 13.0. The van der Waals surface area contributed by atoms with Gasteiger partial charge in [-0.25, -0.2) is 19.2 Å². The van der Waals surface area contributed by atoms with E-state index < -0.39 is 29.3 Å². The zero-order chi connectivity index (χ0) is 31.6. The number of aromatic nitrogens is 2. The molecule has 0 aliphatic carbocycles. The number of hydrogen-bond acceptors (Lipinski definition) is 7. The van der Waals surface area contributed by atoms with Crippen LogP contribution >= 0.6 is 15.9 Å². The number of carbonyl (C=O) groups excluding carboxylic acids is 1. The average Bonchev–Trinajstić information content (AvgIpc) is 2.92. The molecular weight excluding hydrogens is 638 g/mol. The molecule has 230 valence electrons. The molecule has 13 heteroatoms. The molecule has 2 aromatic carbocycles. The predicted molar refractivity (Wildman–Crippen MR) is 153 cm³/mol. The van der Waals surface area contributed by atoms with Crippen LogP contribution in [0.25, 0.3) is 0 Å². The summed E-state index contributed by atoms with van der Waals surface area (Å²) in [6, 6.07) is 7.38. The van der Waals surface area contributed by atoms with Gasteiger partial charge in [-0.15, -0.1) is 0 Å². The van der Waals surface area contributed by atoms with Crippen LogP contribution in [0.5, 0.6) is 11.5 Å². The fourth-order valence-electron chi connectivity index (χ4n) is 3.59. The van der Waals surface area contributed by atoms with Crippen molar-refractivity contribution in [2.24, 2.45) is 0 Å². The summed E-state index contributed by atoms with van der Waals surface area (Å²) in [5.41, 5.74) is -1.16. The second-order valence-electron chi connectivity index (χ2n) is 10.1. The van der Waals surface area contributed by atoms with Crippen LogP contribution in [-0.2, 0) is 24.1 Å². The molecule has 0 spiro atoms. The lowest BCUT2D eigenvalue weighted by Crippen LogP contribution is -2.38. The number of alkyl halides is 3. The number of nitrogens with zero attached hydrogens (tertiary/aromatic N) is 3. The molecule has 1 amide bonds. The van der Waals surface area contributed by atoms with Gasteiger partial charge in [0.15, 0.2) is 0 Å². The van der Waals surface area contributed by atoms with Crippen molar-refractivity contribution in [3.05, 3.63) is 81.6 Å². The number of aliphatic hydroxyl groups is 1. The number of carbonyl (C=O) groups is 1. The summed E-state index contributed by atoms with van der Waals surface area (Å²) in [5, 5.41) is 9.56. The molecule has 0 bridgehead atoms. The first kappa shape index (κ1) is 33.6. The third-order valence-corrected chi connectivity index (χ3v) is 5.89. The Morgan fingerprint density at radius 3 is 2.49 bits per heavy atom. The quantitative estimate of drug-likeness (QED) is 0.149. The van der Waals surface area contributed by atoms with Crippen molar-refractivity contribution in [1.82, 2.24) is 14.9 Å². The zero-order valence-corrected chi connectivity index (χ0v) is 25.3. The maximum atomic E-state index is 13.7. The third kappa shape index (κ3) is 11.0. The summed E-state index contributed by atoms with van der Waals surface area (Å²) in [6.07, 6.45) is -2.11. The number of amides is 1. The Kier molecular flexibility index (Phi) is 11.7. The second kappa shape index (κ2) is 15.0. The van der Waals surface area contributed by atoms with Crippen molar-refractivity contribution in [3.8, 4) is 23.3 Å². The second-order valence-corrected chi connectivity index (χ2v) is 10.9. The van der Waals surface area contributed by atoms with Crippen molar-refractivity contribution < 1.29 is 41.7 Å². The number of halogens is 5. The fourth-order valence-corrected chi connectivity index (χ4v) is 3.79. The van der Waals surface area contributed by atoms with Crippen LogP contribution in [-0.4, -0.2) is 51.4 Å². The summed E-state index contributed by atoms with van der Waals surface area (Å²) in [7, 11) is 0. The van der Waals surface area contributed by atoms with Gasteiger partial charge in [-0.1, -0.05) is 12.0 Å². The van der Waals surface area contributed by atoms with E-state index in [0.717, 1.165) is 6.07 Å². The first-order valence-corrected chi connectivity index (χ1v) is 13.8. The largest absolute Gasteiger partial charge is 0.493 e. The summed E-state index contributed by atoms with van der Waals surface area (Å²) in [5.74, 6) is 5.09. The van der Waals surface area contributed by atoms with Gasteiger partial charge in [0.05, 0.1) is 37.7 Å². The van der Waals surface area contributed by atoms with E-state index in [0.29, 0.717) is 34.1 Å². The molecule has 43 heavy (non-hydrogen) atoms. The van der Waals surface area contributed by atoms with Gasteiger partial charge in [0, 0.05) is 18.5 Å². The van der Waals surface area contributed by atoms with Crippen LogP contribution < -0.4 is 9.47 Å². The van der Waals surface area contributed by atoms with E-state index in [9.17, 15) is 27.5 Å². The van der Waals surface area contributed by atoms with E-state index in [1.54, 1.807) is 39.0 Å². The Morgan fingerprint density at radius 2 is 1.84 bits per heavy atom. The third-order valence-electron chi connectivity index (χ3n) is 5.48. The van der Waals surface area contributed by atoms with Crippen molar-refractivity contribution >= 4 is 22.0 Å². The van der Waals surface area contributed by atoms with Gasteiger partial charge in [0.1, 0.15) is 39.8 Å². The molecule has 0 radical (unpaired) electrons. The number of aliphatic hydroxyl groups excluding tert-OH is 1. The van der Waals surface area contributed by atoms with E-state index in [4.69, 9.17) is 14.2 Å². The Hall–Kier alpha value is -3.89. The van der Waals surface area contributed by atoms with Gasteiger partial charge in [-0.05, 0) is 78.5 Å². The molecule has 3 rings (SSSR count). The molecule has 0 fully saturated rings. The SMILES string of the molecule is CC(C)(C)OC(=O)N(CCO)Cc1cc(OCCC#Cc2cnc(Br)cn2)ccc1OCc1ccc(F)c(C(F)(F)F)c1. The molecule has 1 aromatic heterocycles. The zero-order valence-electron chi connectivity index (χ0n) is 23.7. The van der Waals surface area contributed by atoms with Gasteiger partial charge in [0.25, 0.3) is 0 Å². The van der Waals surface area contributed by atoms with E-state index >= 15 is 0 Å². The van der Waals surface area contributed by atoms with Crippen LogP contribution in [0.1, 0.15) is 49.6 Å². The lowest BCUT2D eigenvalue weighted by atomic mass is 10.1. The topological polar surface area (TPSA) is 94.0 Å². The molecule has 0 atom stereocenters. The van der Waals surface area contributed by atoms with E-state index in [2.05, 4.69) is 37.7 Å². The van der Waals surface area contributed by atoms with Crippen LogP contribution in [0, 0.1) is 17.7 Å². The highest BCUT2D eigenvalue weighted by Gasteiger charge is 2.34. The smallest absolute Gasteiger partial charge is 0.419 e. The minimum absolute atomic E-state index is 0.0547. The number of hydrogen-bond donors (Lipinski definition) is 1. The van der Waals surface area contributed by atoms with Crippen molar-refractivity contribution in [3.63, 3.8) is 0 Å². The lowest BCUT2D eigenvalue weighted by molar-refractivity contribution is -0.140. The number of rotatable bonds is 10. The lowest BCUT2D eigenvalue weighted by Gasteiger charge is -2.27. The highest BCUT2D eigenvalue weighted by Crippen LogP contribution is 2.33. The first-order chi connectivity index (χ1) is 20.2. The minimum atomic E-state index is -4.86. The summed E-state index contributed by atoms with van der Waals surface area (Å²) < 4.78 is 71.0.